The molecule has 228 valence electrons. The van der Waals surface area contributed by atoms with Crippen LogP contribution in [0.1, 0.15) is 22.1 Å². The summed E-state index contributed by atoms with van der Waals surface area (Å²) in [5, 5.41) is 4.03. The summed E-state index contributed by atoms with van der Waals surface area (Å²) in [5.41, 5.74) is 1.19. The molecule has 1 aromatic heterocycles. The molecule has 0 aliphatic carbocycles. The molecular weight excluding hydrogens is 667 g/mol. The molecule has 3 heterocycles. The van der Waals surface area contributed by atoms with Gasteiger partial charge >= 0.3 is 11.9 Å². The van der Waals surface area contributed by atoms with Crippen molar-refractivity contribution in [3.05, 3.63) is 118 Å². The van der Waals surface area contributed by atoms with E-state index >= 15 is 0 Å². The van der Waals surface area contributed by atoms with Gasteiger partial charge in [-0.25, -0.2) is 9.59 Å². The molecule has 3 aromatic rings. The first-order valence-electron chi connectivity index (χ1n) is 13.3. The summed E-state index contributed by atoms with van der Waals surface area (Å²) in [6, 6.07) is 21.1. The molecule has 0 bridgehead atoms. The van der Waals surface area contributed by atoms with Gasteiger partial charge in [0.05, 0.1) is 12.0 Å². The van der Waals surface area contributed by atoms with Crippen LogP contribution in [0.5, 0.6) is 0 Å². The van der Waals surface area contributed by atoms with Gasteiger partial charge < -0.3 is 14.8 Å². The number of amides is 2. The minimum atomic E-state index is -1.86. The Balaban J connectivity index is 1.45. The van der Waals surface area contributed by atoms with Crippen molar-refractivity contribution < 1.29 is 28.7 Å². The molecule has 13 heteroatoms. The highest BCUT2D eigenvalue weighted by Crippen LogP contribution is 2.43. The monoisotopic (exact) mass is 690 g/mol. The zero-order valence-corrected chi connectivity index (χ0v) is 26.8. The van der Waals surface area contributed by atoms with E-state index < -0.39 is 45.8 Å². The fourth-order valence-electron chi connectivity index (χ4n) is 4.74. The minimum Gasteiger partial charge on any atom is -0.458 e. The van der Waals surface area contributed by atoms with E-state index in [0.29, 0.717) is 11.1 Å². The largest absolute Gasteiger partial charge is 0.458 e. The first kappa shape index (κ1) is 32.1. The number of hydrogen-bond donors (Lipinski definition) is 1. The Morgan fingerprint density at radius 3 is 2.20 bits per heavy atom. The number of thiophene rings is 1. The Morgan fingerprint density at radius 1 is 1.00 bits per heavy atom. The van der Waals surface area contributed by atoms with Crippen LogP contribution in [-0.2, 0) is 35.1 Å². The smallest absolute Gasteiger partial charge is 0.356 e. The van der Waals surface area contributed by atoms with Gasteiger partial charge in [0.15, 0.2) is 6.10 Å². The molecule has 0 spiro atoms. The first-order chi connectivity index (χ1) is 21.0. The normalized spacial score (nSPS) is 17.9. The molecule has 1 fully saturated rings. The van der Waals surface area contributed by atoms with Gasteiger partial charge in [-0.2, -0.15) is 0 Å². The zero-order valence-electron chi connectivity index (χ0n) is 22.9. The number of hydrogen-bond acceptors (Lipinski definition) is 8. The van der Waals surface area contributed by atoms with E-state index in [2.05, 4.69) is 11.9 Å². The lowest BCUT2D eigenvalue weighted by molar-refractivity contribution is -0.154. The van der Waals surface area contributed by atoms with Gasteiger partial charge in [0.2, 0.25) is 9.70 Å². The number of rotatable bonds is 10. The summed E-state index contributed by atoms with van der Waals surface area (Å²) in [6.07, 6.45) is -0.704. The van der Waals surface area contributed by atoms with Gasteiger partial charge in [-0.3, -0.25) is 14.5 Å². The van der Waals surface area contributed by atoms with E-state index in [0.717, 1.165) is 4.88 Å². The van der Waals surface area contributed by atoms with E-state index in [1.807, 2.05) is 78.2 Å². The lowest BCUT2D eigenvalue weighted by Crippen LogP contribution is -2.70. The van der Waals surface area contributed by atoms with Crippen molar-refractivity contribution in [3.63, 3.8) is 0 Å². The van der Waals surface area contributed by atoms with Crippen LogP contribution in [0.4, 0.5) is 0 Å². The second-order valence-corrected chi connectivity index (χ2v) is 14.5. The SMILES string of the molecule is C=C(C(=O)OCC(Cl)(Cl)Cl)C1=C(C(=O)OC(c2ccccc2)c2ccccc2)N2C(=O)[C@@H](NC(=O)Cc3cccs3)[C@H]2SC1. The molecule has 0 saturated carbocycles. The molecule has 2 atom stereocenters. The molecule has 2 aliphatic heterocycles. The number of halogens is 3. The molecule has 2 aromatic carbocycles. The second kappa shape index (κ2) is 13.8. The molecule has 2 amide bonds. The predicted octanol–water partition coefficient (Wildman–Crippen LogP) is 5.75. The summed E-state index contributed by atoms with van der Waals surface area (Å²) in [5.74, 6) is -2.52. The number of alkyl halides is 3. The van der Waals surface area contributed by atoms with Crippen LogP contribution in [0.15, 0.2) is 102 Å². The van der Waals surface area contributed by atoms with Gasteiger partial charge in [-0.05, 0) is 22.6 Å². The van der Waals surface area contributed by atoms with Gasteiger partial charge in [-0.15, -0.1) is 23.1 Å². The third-order valence-corrected chi connectivity index (χ3v) is 9.28. The molecule has 1 saturated heterocycles. The fourth-order valence-corrected chi connectivity index (χ4v) is 6.99. The lowest BCUT2D eigenvalue weighted by Gasteiger charge is -2.49. The Morgan fingerprint density at radius 2 is 1.64 bits per heavy atom. The van der Waals surface area contributed by atoms with E-state index in [1.165, 1.54) is 28.0 Å². The number of nitrogens with one attached hydrogen (secondary N) is 1. The van der Waals surface area contributed by atoms with Crippen LogP contribution in [0.25, 0.3) is 0 Å². The summed E-state index contributed by atoms with van der Waals surface area (Å²) in [4.78, 5) is 55.3. The van der Waals surface area contributed by atoms with Gasteiger partial charge in [-0.1, -0.05) is 108 Å². The molecule has 0 radical (unpaired) electrons. The van der Waals surface area contributed by atoms with Gasteiger partial charge in [0, 0.05) is 16.2 Å². The maximum absolute atomic E-state index is 14.1. The van der Waals surface area contributed by atoms with E-state index in [1.54, 1.807) is 0 Å². The molecule has 2 aliphatic rings. The Hall–Kier alpha value is -3.28. The molecule has 0 unspecified atom stereocenters. The Labute approximate surface area is 276 Å². The number of thioether (sulfide) groups is 1. The van der Waals surface area contributed by atoms with Crippen LogP contribution in [0.2, 0.25) is 0 Å². The fraction of sp³-hybridized carbons (Fsp3) is 0.226. The maximum Gasteiger partial charge on any atom is 0.356 e. The number of carbonyl (C=O) groups excluding carboxylic acids is 4. The van der Waals surface area contributed by atoms with Crippen molar-refractivity contribution in [1.82, 2.24) is 10.2 Å². The van der Waals surface area contributed by atoms with Crippen molar-refractivity contribution in [2.45, 2.75) is 27.7 Å². The molecule has 5 rings (SSSR count). The second-order valence-electron chi connectivity index (χ2n) is 9.81. The number of esters is 2. The number of ether oxygens (including phenoxy) is 2. The van der Waals surface area contributed by atoms with Crippen molar-refractivity contribution >= 4 is 81.7 Å². The molecule has 1 N–H and O–H groups in total. The van der Waals surface area contributed by atoms with E-state index in [9.17, 15) is 19.2 Å². The van der Waals surface area contributed by atoms with Crippen LogP contribution >= 0.6 is 57.9 Å². The number of fused-ring (bicyclic) bond motifs is 1. The van der Waals surface area contributed by atoms with Crippen molar-refractivity contribution in [2.75, 3.05) is 12.4 Å². The Kier molecular flexibility index (Phi) is 10.1. The highest BCUT2D eigenvalue weighted by atomic mass is 35.6. The lowest BCUT2D eigenvalue weighted by atomic mass is 9.98. The van der Waals surface area contributed by atoms with Crippen LogP contribution in [-0.4, -0.2) is 56.2 Å². The maximum atomic E-state index is 14.1. The number of carbonyl (C=O) groups is 4. The van der Waals surface area contributed by atoms with Crippen LogP contribution in [0.3, 0.4) is 0 Å². The summed E-state index contributed by atoms with van der Waals surface area (Å²) < 4.78 is 9.33. The number of benzene rings is 2. The van der Waals surface area contributed by atoms with Gasteiger partial charge in [0.1, 0.15) is 23.7 Å². The zero-order chi connectivity index (χ0) is 31.4. The highest BCUT2D eigenvalue weighted by Gasteiger charge is 2.55. The predicted molar refractivity (Wildman–Crippen MR) is 171 cm³/mol. The Bertz CT molecular complexity index is 1550. The summed E-state index contributed by atoms with van der Waals surface area (Å²) in [6.45, 7) is 3.28. The average molecular weight is 692 g/mol. The third-order valence-electron chi connectivity index (χ3n) is 6.80. The summed E-state index contributed by atoms with van der Waals surface area (Å²) >= 11 is 19.9. The van der Waals surface area contributed by atoms with Crippen LogP contribution < -0.4 is 5.32 Å². The van der Waals surface area contributed by atoms with Gasteiger partial charge in [0.25, 0.3) is 5.91 Å². The van der Waals surface area contributed by atoms with Crippen molar-refractivity contribution in [1.29, 1.82) is 0 Å². The number of nitrogens with zero attached hydrogens (tertiary/aromatic N) is 1. The molecular formula is C31H25Cl3N2O6S2. The minimum absolute atomic E-state index is 0.0964. The topological polar surface area (TPSA) is 102 Å². The summed E-state index contributed by atoms with van der Waals surface area (Å²) in [7, 11) is 0. The average Bonchev–Trinajstić information content (AvgIpc) is 3.53. The third kappa shape index (κ3) is 7.33. The molecule has 44 heavy (non-hydrogen) atoms. The van der Waals surface area contributed by atoms with Crippen molar-refractivity contribution in [2.24, 2.45) is 0 Å². The number of β-lactam (4-membered cyclic amide) rings is 1. The molecule has 8 nitrogen and oxygen atoms in total. The van der Waals surface area contributed by atoms with E-state index in [4.69, 9.17) is 44.3 Å². The quantitative estimate of drug-likeness (QED) is 0.125. The standard InChI is InChI=1S/C31H25Cl3N2O6S2/c1-18(29(39)41-17-31(32,33)34)22-16-44-28-24(35-23(37)15-21-13-8-14-43-21)27(38)36(28)25(22)30(40)42-26(19-9-4-2-5-10-19)20-11-6-3-7-12-20/h2-14,24,26,28H,1,15-17H2,(H,35,37)/t24-,28-/m1/s1. The first-order valence-corrected chi connectivity index (χ1v) is 16.3. The van der Waals surface area contributed by atoms with E-state index in [-0.39, 0.29) is 34.9 Å². The highest BCUT2D eigenvalue weighted by molar-refractivity contribution is 8.00. The van der Waals surface area contributed by atoms with Crippen LogP contribution in [0, 0.1) is 0 Å². The van der Waals surface area contributed by atoms with Crippen molar-refractivity contribution in [3.8, 4) is 0 Å².